The average Bonchev–Trinajstić information content (AvgIpc) is 2.45. The van der Waals surface area contributed by atoms with E-state index in [1.165, 1.54) is 5.56 Å². The Morgan fingerprint density at radius 2 is 2.00 bits per heavy atom. The fourth-order valence-electron chi connectivity index (χ4n) is 1.97. The molecule has 1 aromatic carbocycles. The molecule has 0 saturated carbocycles. The molecule has 2 rings (SSSR count). The summed E-state index contributed by atoms with van der Waals surface area (Å²) in [6.45, 7) is 6.19. The minimum absolute atomic E-state index is 0.626. The summed E-state index contributed by atoms with van der Waals surface area (Å²) in [5.74, 6) is 0.868. The van der Waals surface area contributed by atoms with Gasteiger partial charge in [-0.1, -0.05) is 17.7 Å². The van der Waals surface area contributed by atoms with E-state index in [0.29, 0.717) is 6.61 Å². The number of nitrogens with zero attached hydrogens (tertiary/aromatic N) is 1. The van der Waals surface area contributed by atoms with Crippen molar-refractivity contribution in [2.45, 2.75) is 20.4 Å². The molecule has 3 nitrogen and oxygen atoms in total. The van der Waals surface area contributed by atoms with E-state index < -0.39 is 0 Å². The summed E-state index contributed by atoms with van der Waals surface area (Å²) in [6.07, 6.45) is 3.64. The van der Waals surface area contributed by atoms with Crippen LogP contribution in [-0.2, 0) is 6.54 Å². The average molecular weight is 291 g/mol. The fraction of sp³-hybridized carbons (Fsp3) is 0.312. The lowest BCUT2D eigenvalue weighted by atomic mass is 10.1. The summed E-state index contributed by atoms with van der Waals surface area (Å²) in [7, 11) is 0. The van der Waals surface area contributed by atoms with E-state index in [1.807, 2.05) is 44.3 Å². The topological polar surface area (TPSA) is 34.1 Å². The molecule has 0 aliphatic heterocycles. The number of nitrogens with one attached hydrogen (secondary N) is 1. The van der Waals surface area contributed by atoms with Crippen molar-refractivity contribution < 1.29 is 4.74 Å². The van der Waals surface area contributed by atoms with Crippen LogP contribution in [0.5, 0.6) is 5.75 Å². The Morgan fingerprint density at radius 3 is 2.65 bits per heavy atom. The third kappa shape index (κ3) is 4.22. The molecule has 0 spiro atoms. The molecule has 1 aromatic heterocycles. The maximum absolute atomic E-state index is 6.13. The zero-order chi connectivity index (χ0) is 14.4. The highest BCUT2D eigenvalue weighted by molar-refractivity contribution is 6.32. The van der Waals surface area contributed by atoms with Crippen molar-refractivity contribution in [1.29, 1.82) is 0 Å². The number of benzene rings is 1. The predicted molar refractivity (Wildman–Crippen MR) is 82.4 cm³/mol. The van der Waals surface area contributed by atoms with Crippen LogP contribution in [0.3, 0.4) is 0 Å². The Balaban J connectivity index is 1.74. The summed E-state index contributed by atoms with van der Waals surface area (Å²) >= 11 is 6.13. The Hall–Kier alpha value is -1.58. The van der Waals surface area contributed by atoms with Gasteiger partial charge in [-0.05, 0) is 48.7 Å². The smallest absolute Gasteiger partial charge is 0.119 e. The first-order chi connectivity index (χ1) is 9.66. The molecule has 4 heteroatoms. The molecule has 0 amide bonds. The summed E-state index contributed by atoms with van der Waals surface area (Å²) in [5, 5.41) is 4.13. The quantitative estimate of drug-likeness (QED) is 0.827. The Labute approximate surface area is 124 Å². The molecule has 1 heterocycles. The SMILES string of the molecule is Cc1cc(OCCNCc2cccnc2)cc(C)c1Cl. The van der Waals surface area contributed by atoms with Crippen LogP contribution in [0, 0.1) is 13.8 Å². The molecule has 106 valence electrons. The highest BCUT2D eigenvalue weighted by Crippen LogP contribution is 2.25. The van der Waals surface area contributed by atoms with Crippen molar-refractivity contribution in [2.24, 2.45) is 0 Å². The number of hydrogen-bond acceptors (Lipinski definition) is 3. The molecule has 0 aliphatic carbocycles. The van der Waals surface area contributed by atoms with E-state index in [2.05, 4.69) is 10.3 Å². The molecule has 0 radical (unpaired) electrons. The standard InChI is InChI=1S/C16H19ClN2O/c1-12-8-15(9-13(2)16(12)17)20-7-6-19-11-14-4-3-5-18-10-14/h3-5,8-10,19H,6-7,11H2,1-2H3. The van der Waals surface area contributed by atoms with E-state index in [0.717, 1.165) is 35.0 Å². The van der Waals surface area contributed by atoms with Crippen LogP contribution in [0.2, 0.25) is 5.02 Å². The first kappa shape index (κ1) is 14.8. The van der Waals surface area contributed by atoms with Crippen molar-refractivity contribution in [1.82, 2.24) is 10.3 Å². The van der Waals surface area contributed by atoms with Gasteiger partial charge in [0, 0.05) is 30.5 Å². The Morgan fingerprint density at radius 1 is 1.25 bits per heavy atom. The maximum Gasteiger partial charge on any atom is 0.119 e. The molecular weight excluding hydrogens is 272 g/mol. The summed E-state index contributed by atoms with van der Waals surface area (Å²) in [6, 6.07) is 7.92. The second kappa shape index (κ2) is 7.27. The van der Waals surface area contributed by atoms with Crippen LogP contribution >= 0.6 is 11.6 Å². The third-order valence-corrected chi connectivity index (χ3v) is 3.61. The molecule has 20 heavy (non-hydrogen) atoms. The molecule has 0 aliphatic rings. The van der Waals surface area contributed by atoms with Gasteiger partial charge in [0.05, 0.1) is 0 Å². The number of pyridine rings is 1. The molecular formula is C16H19ClN2O. The van der Waals surface area contributed by atoms with Crippen molar-refractivity contribution in [3.05, 3.63) is 58.4 Å². The van der Waals surface area contributed by atoms with E-state index in [9.17, 15) is 0 Å². The van der Waals surface area contributed by atoms with Crippen LogP contribution < -0.4 is 10.1 Å². The van der Waals surface area contributed by atoms with Gasteiger partial charge in [0.2, 0.25) is 0 Å². The molecule has 2 aromatic rings. The van der Waals surface area contributed by atoms with Crippen LogP contribution in [0.4, 0.5) is 0 Å². The molecule has 0 fully saturated rings. The number of ether oxygens (including phenoxy) is 1. The van der Waals surface area contributed by atoms with Gasteiger partial charge >= 0.3 is 0 Å². The fourth-order valence-corrected chi connectivity index (χ4v) is 2.08. The van der Waals surface area contributed by atoms with Gasteiger partial charge in [-0.25, -0.2) is 0 Å². The van der Waals surface area contributed by atoms with Crippen molar-refractivity contribution in [3.8, 4) is 5.75 Å². The number of hydrogen-bond donors (Lipinski definition) is 1. The number of aromatic nitrogens is 1. The minimum Gasteiger partial charge on any atom is -0.492 e. The van der Waals surface area contributed by atoms with E-state index in [1.54, 1.807) is 6.20 Å². The number of rotatable bonds is 6. The zero-order valence-corrected chi connectivity index (χ0v) is 12.6. The molecule has 1 N–H and O–H groups in total. The van der Waals surface area contributed by atoms with Crippen LogP contribution in [0.15, 0.2) is 36.7 Å². The first-order valence-corrected chi connectivity index (χ1v) is 7.04. The lowest BCUT2D eigenvalue weighted by molar-refractivity contribution is 0.313. The van der Waals surface area contributed by atoms with Gasteiger partial charge in [0.15, 0.2) is 0 Å². The van der Waals surface area contributed by atoms with Gasteiger partial charge in [0.25, 0.3) is 0 Å². The van der Waals surface area contributed by atoms with Crippen molar-refractivity contribution >= 4 is 11.6 Å². The van der Waals surface area contributed by atoms with Crippen LogP contribution in [-0.4, -0.2) is 18.1 Å². The molecule has 0 bridgehead atoms. The molecule has 0 saturated heterocycles. The molecule has 0 atom stereocenters. The van der Waals surface area contributed by atoms with Gasteiger partial charge in [-0.2, -0.15) is 0 Å². The maximum atomic E-state index is 6.13. The van der Waals surface area contributed by atoms with Gasteiger partial charge in [0.1, 0.15) is 12.4 Å². The second-order valence-electron chi connectivity index (χ2n) is 4.76. The minimum atomic E-state index is 0.626. The summed E-state index contributed by atoms with van der Waals surface area (Å²) in [5.41, 5.74) is 3.26. The zero-order valence-electron chi connectivity index (χ0n) is 11.8. The highest BCUT2D eigenvalue weighted by Gasteiger charge is 2.03. The highest BCUT2D eigenvalue weighted by atomic mass is 35.5. The van der Waals surface area contributed by atoms with Gasteiger partial charge in [-0.15, -0.1) is 0 Å². The number of halogens is 1. The third-order valence-electron chi connectivity index (χ3n) is 3.01. The first-order valence-electron chi connectivity index (χ1n) is 6.66. The predicted octanol–water partition coefficient (Wildman–Crippen LogP) is 3.52. The van der Waals surface area contributed by atoms with Gasteiger partial charge in [-0.3, -0.25) is 4.98 Å². The van der Waals surface area contributed by atoms with Crippen LogP contribution in [0.25, 0.3) is 0 Å². The number of aryl methyl sites for hydroxylation is 2. The Bertz CT molecular complexity index is 535. The van der Waals surface area contributed by atoms with Crippen LogP contribution in [0.1, 0.15) is 16.7 Å². The normalized spacial score (nSPS) is 10.6. The van der Waals surface area contributed by atoms with Gasteiger partial charge < -0.3 is 10.1 Å². The summed E-state index contributed by atoms with van der Waals surface area (Å²) in [4.78, 5) is 4.08. The monoisotopic (exact) mass is 290 g/mol. The Kier molecular flexibility index (Phi) is 5.39. The lowest BCUT2D eigenvalue weighted by Crippen LogP contribution is -2.20. The van der Waals surface area contributed by atoms with E-state index in [4.69, 9.17) is 16.3 Å². The van der Waals surface area contributed by atoms with E-state index >= 15 is 0 Å². The van der Waals surface area contributed by atoms with E-state index in [-0.39, 0.29) is 0 Å². The second-order valence-corrected chi connectivity index (χ2v) is 5.14. The molecule has 0 unspecified atom stereocenters. The van der Waals surface area contributed by atoms with Crippen molar-refractivity contribution in [3.63, 3.8) is 0 Å². The summed E-state index contributed by atoms with van der Waals surface area (Å²) < 4.78 is 5.72. The lowest BCUT2D eigenvalue weighted by Gasteiger charge is -2.10. The largest absolute Gasteiger partial charge is 0.492 e. The van der Waals surface area contributed by atoms with Crippen molar-refractivity contribution in [2.75, 3.05) is 13.2 Å².